The van der Waals surface area contributed by atoms with Gasteiger partial charge < -0.3 is 26.5 Å². The number of H-pyrrole nitrogens is 1. The molecule has 0 fully saturated rings. The number of aromatic amines is 1. The Labute approximate surface area is 171 Å². The van der Waals surface area contributed by atoms with E-state index in [1.807, 2.05) is 30.3 Å². The van der Waals surface area contributed by atoms with Gasteiger partial charge in [-0.15, -0.1) is 0 Å². The van der Waals surface area contributed by atoms with Gasteiger partial charge in [-0.05, 0) is 37.8 Å². The third kappa shape index (κ3) is 6.90. The summed E-state index contributed by atoms with van der Waals surface area (Å²) in [5, 5.41) is 14.7. The molecule has 0 bridgehead atoms. The molecular weight excluding hydrogens is 370 g/mol. The van der Waals surface area contributed by atoms with Gasteiger partial charge in [0.05, 0.1) is 6.20 Å². The molecule has 1 aromatic carbocycles. The number of carbonyl (C=O) groups excluding carboxylic acids is 2. The number of nitrogens with two attached hydrogens (primary N) is 1. The molecule has 0 spiro atoms. The third-order valence-corrected chi connectivity index (χ3v) is 4.76. The summed E-state index contributed by atoms with van der Waals surface area (Å²) in [4.78, 5) is 30.7. The topological polar surface area (TPSA) is 133 Å². The van der Waals surface area contributed by atoms with Crippen molar-refractivity contribution in [2.45, 2.75) is 32.1 Å². The maximum Gasteiger partial charge on any atom is 0.287 e. The molecule has 0 saturated heterocycles. The number of aromatic nitrogens is 2. The van der Waals surface area contributed by atoms with Crippen LogP contribution in [0.1, 0.15) is 48.3 Å². The Morgan fingerprint density at radius 2 is 1.97 bits per heavy atom. The molecule has 157 valence electrons. The highest BCUT2D eigenvalue weighted by molar-refractivity contribution is 5.90. The number of aromatic hydroxyl groups is 1. The van der Waals surface area contributed by atoms with Crippen LogP contribution in [0, 0.1) is 11.8 Å². The molecule has 1 atom stereocenters. The Kier molecular flexibility index (Phi) is 9.17. The molecule has 0 aliphatic rings. The van der Waals surface area contributed by atoms with Crippen molar-refractivity contribution in [3.8, 4) is 5.88 Å². The number of nitrogens with zero attached hydrogens (tertiary/aromatic N) is 1. The Morgan fingerprint density at radius 1 is 1.21 bits per heavy atom. The minimum absolute atomic E-state index is 0.00299. The Bertz CT molecular complexity index is 763. The average Bonchev–Trinajstić information content (AvgIpc) is 3.18. The normalized spacial score (nSPS) is 12.0. The van der Waals surface area contributed by atoms with Gasteiger partial charge in [0.15, 0.2) is 5.82 Å². The SMILES string of the molecule is CNC(=O)C(CCCN)[C](CCCCNC(=O)c1nc(O)c[nH]1)c1ccccc1. The zero-order valence-electron chi connectivity index (χ0n) is 16.8. The van der Waals surface area contributed by atoms with Crippen LogP contribution < -0.4 is 16.4 Å². The van der Waals surface area contributed by atoms with Gasteiger partial charge in [-0.25, -0.2) is 0 Å². The first-order valence-corrected chi connectivity index (χ1v) is 9.92. The maximum atomic E-state index is 12.5. The quantitative estimate of drug-likeness (QED) is 0.346. The molecule has 0 aliphatic carbocycles. The van der Waals surface area contributed by atoms with E-state index >= 15 is 0 Å². The first-order chi connectivity index (χ1) is 14.1. The molecular formula is C21H30N5O3. The monoisotopic (exact) mass is 400 g/mol. The number of hydrogen-bond acceptors (Lipinski definition) is 5. The lowest BCUT2D eigenvalue weighted by Gasteiger charge is -2.26. The van der Waals surface area contributed by atoms with E-state index in [4.69, 9.17) is 5.73 Å². The fourth-order valence-corrected chi connectivity index (χ4v) is 3.29. The van der Waals surface area contributed by atoms with Gasteiger partial charge in [0, 0.05) is 25.4 Å². The highest BCUT2D eigenvalue weighted by atomic mass is 16.3. The van der Waals surface area contributed by atoms with Crippen molar-refractivity contribution in [1.29, 1.82) is 0 Å². The van der Waals surface area contributed by atoms with Gasteiger partial charge in [-0.2, -0.15) is 4.98 Å². The number of amides is 2. The zero-order chi connectivity index (χ0) is 21.1. The molecule has 2 rings (SSSR count). The first-order valence-electron chi connectivity index (χ1n) is 9.92. The highest BCUT2D eigenvalue weighted by Crippen LogP contribution is 2.32. The summed E-state index contributed by atoms with van der Waals surface area (Å²) in [5.41, 5.74) is 6.73. The van der Waals surface area contributed by atoms with Crippen LogP contribution in [0.2, 0.25) is 0 Å². The molecule has 1 heterocycles. The van der Waals surface area contributed by atoms with E-state index in [-0.39, 0.29) is 29.4 Å². The average molecular weight is 401 g/mol. The van der Waals surface area contributed by atoms with Crippen molar-refractivity contribution in [3.05, 3.63) is 53.8 Å². The number of nitrogens with one attached hydrogen (secondary N) is 3. The molecule has 29 heavy (non-hydrogen) atoms. The van der Waals surface area contributed by atoms with Crippen LogP contribution in [0.4, 0.5) is 0 Å². The van der Waals surface area contributed by atoms with Gasteiger partial charge >= 0.3 is 0 Å². The van der Waals surface area contributed by atoms with Gasteiger partial charge in [0.2, 0.25) is 11.8 Å². The van der Waals surface area contributed by atoms with Gasteiger partial charge in [0.1, 0.15) is 0 Å². The summed E-state index contributed by atoms with van der Waals surface area (Å²) in [6, 6.07) is 9.95. The van der Waals surface area contributed by atoms with Crippen molar-refractivity contribution in [2.24, 2.45) is 11.7 Å². The summed E-state index contributed by atoms with van der Waals surface area (Å²) < 4.78 is 0. The van der Waals surface area contributed by atoms with E-state index in [0.717, 1.165) is 37.2 Å². The predicted octanol–water partition coefficient (Wildman–Crippen LogP) is 1.74. The molecule has 6 N–H and O–H groups in total. The largest absolute Gasteiger partial charge is 0.492 e. The summed E-state index contributed by atoms with van der Waals surface area (Å²) >= 11 is 0. The lowest BCUT2D eigenvalue weighted by Crippen LogP contribution is -2.33. The summed E-state index contributed by atoms with van der Waals surface area (Å²) in [6.45, 7) is 1.03. The van der Waals surface area contributed by atoms with Crippen LogP contribution in [-0.2, 0) is 4.79 Å². The molecule has 1 unspecified atom stereocenters. The second-order valence-corrected chi connectivity index (χ2v) is 6.81. The number of rotatable bonds is 12. The van der Waals surface area contributed by atoms with Crippen LogP contribution in [0.25, 0.3) is 0 Å². The molecule has 2 amide bonds. The lowest BCUT2D eigenvalue weighted by molar-refractivity contribution is -0.124. The smallest absolute Gasteiger partial charge is 0.287 e. The molecule has 0 aliphatic heterocycles. The van der Waals surface area contributed by atoms with E-state index in [0.29, 0.717) is 19.5 Å². The lowest BCUT2D eigenvalue weighted by atomic mass is 9.79. The fourth-order valence-electron chi connectivity index (χ4n) is 3.29. The number of hydrogen-bond donors (Lipinski definition) is 5. The van der Waals surface area contributed by atoms with E-state index in [1.165, 1.54) is 6.20 Å². The van der Waals surface area contributed by atoms with Crippen molar-refractivity contribution in [1.82, 2.24) is 20.6 Å². The molecule has 0 saturated carbocycles. The van der Waals surface area contributed by atoms with Crippen LogP contribution in [-0.4, -0.2) is 47.0 Å². The van der Waals surface area contributed by atoms with E-state index < -0.39 is 0 Å². The first kappa shape index (κ1) is 22.4. The van der Waals surface area contributed by atoms with E-state index in [9.17, 15) is 14.7 Å². The maximum absolute atomic E-state index is 12.5. The van der Waals surface area contributed by atoms with Crippen LogP contribution in [0.5, 0.6) is 5.88 Å². The molecule has 2 aromatic rings. The zero-order valence-corrected chi connectivity index (χ0v) is 16.8. The van der Waals surface area contributed by atoms with Crippen molar-refractivity contribution in [3.63, 3.8) is 0 Å². The van der Waals surface area contributed by atoms with E-state index in [2.05, 4.69) is 20.6 Å². The van der Waals surface area contributed by atoms with Crippen molar-refractivity contribution < 1.29 is 14.7 Å². The standard InChI is InChI=1S/C21H30N5O3/c1-23-20(28)17(11-7-12-22)16(15-8-3-2-4-9-15)10-5-6-13-24-21(29)19-25-14-18(27)26-19/h2-4,8-9,14,17,27H,5-7,10-13,22H2,1H3,(H,23,28)(H,24,29)(H,25,26). The summed E-state index contributed by atoms with van der Waals surface area (Å²) in [5.74, 6) is 0.398. The van der Waals surface area contributed by atoms with Gasteiger partial charge in [0.25, 0.3) is 5.91 Å². The Hall–Kier alpha value is -2.87. The second-order valence-electron chi connectivity index (χ2n) is 6.81. The van der Waals surface area contributed by atoms with E-state index in [1.54, 1.807) is 7.05 Å². The molecule has 1 radical (unpaired) electrons. The second kappa shape index (κ2) is 11.9. The number of imidazole rings is 1. The third-order valence-electron chi connectivity index (χ3n) is 4.76. The summed E-state index contributed by atoms with van der Waals surface area (Å²) in [6.07, 6.45) is 5.08. The Balaban J connectivity index is 1.93. The molecule has 1 aromatic heterocycles. The molecule has 8 nitrogen and oxygen atoms in total. The van der Waals surface area contributed by atoms with Gasteiger partial charge in [-0.3, -0.25) is 9.59 Å². The number of unbranched alkanes of at least 4 members (excludes halogenated alkanes) is 1. The minimum atomic E-state index is -0.358. The van der Waals surface area contributed by atoms with Crippen LogP contribution in [0.3, 0.4) is 0 Å². The van der Waals surface area contributed by atoms with Crippen LogP contribution in [0.15, 0.2) is 36.5 Å². The van der Waals surface area contributed by atoms with Crippen molar-refractivity contribution >= 4 is 11.8 Å². The Morgan fingerprint density at radius 3 is 2.59 bits per heavy atom. The summed E-state index contributed by atoms with van der Waals surface area (Å²) in [7, 11) is 1.66. The minimum Gasteiger partial charge on any atom is -0.492 e. The van der Waals surface area contributed by atoms with Gasteiger partial charge in [-0.1, -0.05) is 36.8 Å². The predicted molar refractivity (Wildman–Crippen MR) is 111 cm³/mol. The fraction of sp³-hybridized carbons (Fsp3) is 0.429. The molecule has 8 heteroatoms. The number of carbonyl (C=O) groups is 2. The number of benzene rings is 1. The van der Waals surface area contributed by atoms with Crippen molar-refractivity contribution in [2.75, 3.05) is 20.1 Å². The highest BCUT2D eigenvalue weighted by Gasteiger charge is 2.28. The van der Waals surface area contributed by atoms with Crippen LogP contribution >= 0.6 is 0 Å².